The highest BCUT2D eigenvalue weighted by Crippen LogP contribution is 2.35. The molecule has 2 aromatic rings. The number of hydrogen-bond acceptors (Lipinski definition) is 4. The standard InChI is InChI=1S/C23H29N3O2/c1-4-19-15-25(11-12-26(19)16(2)3)23(27)18-8-9-21(24-14-18)20-7-5-6-17-10-13-28-22(17)20/h5-9,14,16,19H,4,10-13,15H2,1-3H3/t19-/m1/s1. The van der Waals surface area contributed by atoms with Gasteiger partial charge in [-0.15, -0.1) is 0 Å². The average Bonchev–Trinajstić information content (AvgIpc) is 3.21. The molecule has 5 nitrogen and oxygen atoms in total. The predicted octanol–water partition coefficient (Wildman–Crippen LogP) is 3.63. The van der Waals surface area contributed by atoms with Gasteiger partial charge in [-0.2, -0.15) is 0 Å². The molecule has 1 amide bonds. The highest BCUT2D eigenvalue weighted by molar-refractivity contribution is 5.94. The van der Waals surface area contributed by atoms with E-state index in [-0.39, 0.29) is 5.91 Å². The lowest BCUT2D eigenvalue weighted by atomic mass is 10.0. The maximum absolute atomic E-state index is 13.0. The van der Waals surface area contributed by atoms with Gasteiger partial charge in [0, 0.05) is 49.9 Å². The molecule has 1 atom stereocenters. The van der Waals surface area contributed by atoms with E-state index in [0.717, 1.165) is 56.1 Å². The molecule has 4 rings (SSSR count). The van der Waals surface area contributed by atoms with Gasteiger partial charge in [0.2, 0.25) is 0 Å². The SMILES string of the molecule is CC[C@@H]1CN(C(=O)c2ccc(-c3cccc4c3OCC4)nc2)CCN1C(C)C. The number of aromatic nitrogens is 1. The van der Waals surface area contributed by atoms with Crippen LogP contribution >= 0.6 is 0 Å². The van der Waals surface area contributed by atoms with Gasteiger partial charge in [-0.1, -0.05) is 19.1 Å². The summed E-state index contributed by atoms with van der Waals surface area (Å²) in [6, 6.07) is 11.0. The second-order valence-corrected chi connectivity index (χ2v) is 7.97. The van der Waals surface area contributed by atoms with Gasteiger partial charge in [0.1, 0.15) is 5.75 Å². The van der Waals surface area contributed by atoms with Crippen molar-refractivity contribution >= 4 is 5.91 Å². The van der Waals surface area contributed by atoms with Gasteiger partial charge in [-0.3, -0.25) is 14.7 Å². The molecule has 1 fully saturated rings. The fourth-order valence-corrected chi connectivity index (χ4v) is 4.38. The van der Waals surface area contributed by atoms with Crippen LogP contribution in [-0.2, 0) is 6.42 Å². The Labute approximate surface area is 167 Å². The van der Waals surface area contributed by atoms with Crippen molar-refractivity contribution in [2.75, 3.05) is 26.2 Å². The first-order chi connectivity index (χ1) is 13.6. The minimum Gasteiger partial charge on any atom is -0.492 e. The molecule has 1 aromatic carbocycles. The summed E-state index contributed by atoms with van der Waals surface area (Å²) in [5.74, 6) is 1.01. The van der Waals surface area contributed by atoms with E-state index >= 15 is 0 Å². The molecule has 0 unspecified atom stereocenters. The van der Waals surface area contributed by atoms with Crippen LogP contribution in [0.5, 0.6) is 5.75 Å². The number of rotatable bonds is 4. The third kappa shape index (κ3) is 3.51. The number of fused-ring (bicyclic) bond motifs is 1. The number of carbonyl (C=O) groups is 1. The Balaban J connectivity index is 1.50. The van der Waals surface area contributed by atoms with Crippen molar-refractivity contribution in [3.8, 4) is 17.0 Å². The number of carbonyl (C=O) groups excluding carboxylic acids is 1. The summed E-state index contributed by atoms with van der Waals surface area (Å²) in [6.45, 7) is 9.87. The fraction of sp³-hybridized carbons (Fsp3) is 0.478. The molecule has 0 saturated carbocycles. The Morgan fingerprint density at radius 1 is 1.25 bits per heavy atom. The minimum absolute atomic E-state index is 0.0791. The summed E-state index contributed by atoms with van der Waals surface area (Å²) in [4.78, 5) is 22.1. The Hall–Kier alpha value is -2.40. The number of hydrogen-bond donors (Lipinski definition) is 0. The van der Waals surface area contributed by atoms with E-state index in [4.69, 9.17) is 4.74 Å². The van der Waals surface area contributed by atoms with E-state index < -0.39 is 0 Å². The van der Waals surface area contributed by atoms with Crippen molar-refractivity contribution in [1.82, 2.24) is 14.8 Å². The third-order valence-corrected chi connectivity index (χ3v) is 5.95. The molecule has 148 valence electrons. The Bertz CT molecular complexity index is 847. The number of pyridine rings is 1. The lowest BCUT2D eigenvalue weighted by molar-refractivity contribution is 0.0371. The topological polar surface area (TPSA) is 45.7 Å². The zero-order valence-corrected chi connectivity index (χ0v) is 17.0. The van der Waals surface area contributed by atoms with Crippen LogP contribution in [0.2, 0.25) is 0 Å². The van der Waals surface area contributed by atoms with Gasteiger partial charge in [-0.25, -0.2) is 0 Å². The zero-order chi connectivity index (χ0) is 19.7. The number of piperazine rings is 1. The molecule has 2 aliphatic rings. The second kappa shape index (κ2) is 7.92. The number of amides is 1. The van der Waals surface area contributed by atoms with Crippen LogP contribution in [0, 0.1) is 0 Å². The van der Waals surface area contributed by atoms with E-state index in [9.17, 15) is 4.79 Å². The Morgan fingerprint density at radius 2 is 2.11 bits per heavy atom. The van der Waals surface area contributed by atoms with Crippen LogP contribution in [0.15, 0.2) is 36.5 Å². The number of benzene rings is 1. The van der Waals surface area contributed by atoms with Crippen LogP contribution in [-0.4, -0.2) is 59.0 Å². The maximum Gasteiger partial charge on any atom is 0.255 e. The number of ether oxygens (including phenoxy) is 1. The number of para-hydroxylation sites is 1. The second-order valence-electron chi connectivity index (χ2n) is 7.97. The van der Waals surface area contributed by atoms with E-state index in [1.54, 1.807) is 6.20 Å². The molecule has 1 saturated heterocycles. The van der Waals surface area contributed by atoms with Gasteiger partial charge in [-0.05, 0) is 44.0 Å². The Morgan fingerprint density at radius 3 is 2.82 bits per heavy atom. The molecule has 1 aromatic heterocycles. The smallest absolute Gasteiger partial charge is 0.255 e. The van der Waals surface area contributed by atoms with Crippen LogP contribution in [0.3, 0.4) is 0 Å². The Kier molecular flexibility index (Phi) is 5.36. The summed E-state index contributed by atoms with van der Waals surface area (Å²) in [5.41, 5.74) is 3.75. The number of nitrogens with zero attached hydrogens (tertiary/aromatic N) is 3. The van der Waals surface area contributed by atoms with Crippen molar-refractivity contribution in [3.05, 3.63) is 47.7 Å². The molecule has 0 bridgehead atoms. The molecule has 3 heterocycles. The summed E-state index contributed by atoms with van der Waals surface area (Å²) in [6.07, 6.45) is 3.71. The normalized spacial score (nSPS) is 19.6. The zero-order valence-electron chi connectivity index (χ0n) is 17.0. The molecule has 5 heteroatoms. The minimum atomic E-state index is 0.0791. The van der Waals surface area contributed by atoms with E-state index in [0.29, 0.717) is 17.6 Å². The van der Waals surface area contributed by atoms with Crippen molar-refractivity contribution in [2.24, 2.45) is 0 Å². The summed E-state index contributed by atoms with van der Waals surface area (Å²) in [5, 5.41) is 0. The first-order valence-electron chi connectivity index (χ1n) is 10.3. The van der Waals surface area contributed by atoms with Crippen molar-refractivity contribution in [2.45, 2.75) is 45.7 Å². The predicted molar refractivity (Wildman–Crippen MR) is 111 cm³/mol. The first-order valence-corrected chi connectivity index (χ1v) is 10.3. The van der Waals surface area contributed by atoms with Gasteiger partial charge >= 0.3 is 0 Å². The van der Waals surface area contributed by atoms with Crippen LogP contribution in [0.25, 0.3) is 11.3 Å². The quantitative estimate of drug-likeness (QED) is 0.814. The molecule has 0 aliphatic carbocycles. The molecule has 2 aliphatic heterocycles. The van der Waals surface area contributed by atoms with Crippen LogP contribution in [0.1, 0.15) is 43.1 Å². The summed E-state index contributed by atoms with van der Waals surface area (Å²) < 4.78 is 5.79. The monoisotopic (exact) mass is 379 g/mol. The molecular weight excluding hydrogens is 350 g/mol. The van der Waals surface area contributed by atoms with Crippen molar-refractivity contribution < 1.29 is 9.53 Å². The average molecular weight is 380 g/mol. The van der Waals surface area contributed by atoms with E-state index in [1.807, 2.05) is 29.2 Å². The lowest BCUT2D eigenvalue weighted by Gasteiger charge is -2.43. The summed E-state index contributed by atoms with van der Waals surface area (Å²) >= 11 is 0. The molecule has 28 heavy (non-hydrogen) atoms. The van der Waals surface area contributed by atoms with Crippen LogP contribution < -0.4 is 4.74 Å². The van der Waals surface area contributed by atoms with Gasteiger partial charge < -0.3 is 9.64 Å². The maximum atomic E-state index is 13.0. The van der Waals surface area contributed by atoms with Gasteiger partial charge in [0.25, 0.3) is 5.91 Å². The highest BCUT2D eigenvalue weighted by atomic mass is 16.5. The molecule has 0 spiro atoms. The summed E-state index contributed by atoms with van der Waals surface area (Å²) in [7, 11) is 0. The van der Waals surface area contributed by atoms with Crippen LogP contribution in [0.4, 0.5) is 0 Å². The first kappa shape index (κ1) is 18.9. The molecule has 0 radical (unpaired) electrons. The van der Waals surface area contributed by atoms with E-state index in [1.165, 1.54) is 5.56 Å². The lowest BCUT2D eigenvalue weighted by Crippen LogP contribution is -2.56. The van der Waals surface area contributed by atoms with Crippen molar-refractivity contribution in [1.29, 1.82) is 0 Å². The highest BCUT2D eigenvalue weighted by Gasteiger charge is 2.30. The van der Waals surface area contributed by atoms with E-state index in [2.05, 4.69) is 36.7 Å². The fourth-order valence-electron chi connectivity index (χ4n) is 4.38. The van der Waals surface area contributed by atoms with Gasteiger partial charge in [0.05, 0.1) is 17.9 Å². The molecule has 0 N–H and O–H groups in total. The molecular formula is C23H29N3O2. The third-order valence-electron chi connectivity index (χ3n) is 5.95. The van der Waals surface area contributed by atoms with Crippen molar-refractivity contribution in [3.63, 3.8) is 0 Å². The largest absolute Gasteiger partial charge is 0.492 e. The van der Waals surface area contributed by atoms with Gasteiger partial charge in [0.15, 0.2) is 0 Å².